The molecule has 5 rings (SSSR count). The molecule has 29 heavy (non-hydrogen) atoms. The summed E-state index contributed by atoms with van der Waals surface area (Å²) < 4.78 is 15.3. The number of nitrogens with zero attached hydrogens (tertiary/aromatic N) is 2. The molecule has 1 N–H and O–H groups in total. The second kappa shape index (κ2) is 7.55. The summed E-state index contributed by atoms with van der Waals surface area (Å²) in [7, 11) is 0. The van der Waals surface area contributed by atoms with E-state index in [2.05, 4.69) is 66.0 Å². The number of anilines is 1. The quantitative estimate of drug-likeness (QED) is 0.503. The van der Waals surface area contributed by atoms with Crippen LogP contribution in [0.15, 0.2) is 84.9 Å². The molecule has 1 aromatic heterocycles. The molecule has 4 aromatic rings. The highest BCUT2D eigenvalue weighted by atomic mass is 19.1. The molecule has 1 aliphatic rings. The molecule has 0 saturated heterocycles. The van der Waals surface area contributed by atoms with Crippen LogP contribution >= 0.6 is 0 Å². The minimum Gasteiger partial charge on any atom is -0.369 e. The van der Waals surface area contributed by atoms with Gasteiger partial charge in [0, 0.05) is 24.4 Å². The summed E-state index contributed by atoms with van der Waals surface area (Å²) in [6.45, 7) is 0.905. The Morgan fingerprint density at radius 3 is 2.10 bits per heavy atom. The third kappa shape index (κ3) is 3.42. The molecule has 0 fully saturated rings. The van der Waals surface area contributed by atoms with Crippen molar-refractivity contribution < 1.29 is 4.39 Å². The highest BCUT2D eigenvalue weighted by molar-refractivity contribution is 5.57. The van der Waals surface area contributed by atoms with Crippen LogP contribution in [-0.2, 0) is 12.8 Å². The molecule has 0 atom stereocenters. The van der Waals surface area contributed by atoms with Gasteiger partial charge in [-0.2, -0.15) is 5.10 Å². The molecular formula is C25H22FN3. The number of fused-ring (bicyclic) bond motifs is 1. The van der Waals surface area contributed by atoms with E-state index in [1.54, 1.807) is 12.1 Å². The van der Waals surface area contributed by atoms with Crippen molar-refractivity contribution in [2.75, 3.05) is 11.9 Å². The predicted molar refractivity (Wildman–Crippen MR) is 114 cm³/mol. The molecule has 144 valence electrons. The second-order valence-electron chi connectivity index (χ2n) is 7.42. The lowest BCUT2D eigenvalue weighted by Gasteiger charge is -2.17. The van der Waals surface area contributed by atoms with Crippen molar-refractivity contribution in [1.29, 1.82) is 0 Å². The number of aromatic nitrogens is 2. The van der Waals surface area contributed by atoms with E-state index >= 15 is 0 Å². The van der Waals surface area contributed by atoms with Gasteiger partial charge in [0.05, 0.1) is 11.4 Å². The van der Waals surface area contributed by atoms with Crippen molar-refractivity contribution in [3.63, 3.8) is 0 Å². The maximum Gasteiger partial charge on any atom is 0.133 e. The lowest BCUT2D eigenvalue weighted by molar-refractivity contribution is 0.627. The van der Waals surface area contributed by atoms with E-state index in [0.29, 0.717) is 0 Å². The van der Waals surface area contributed by atoms with Crippen LogP contribution in [0.1, 0.15) is 28.3 Å². The smallest absolute Gasteiger partial charge is 0.133 e. The summed E-state index contributed by atoms with van der Waals surface area (Å²) in [4.78, 5) is 0. The van der Waals surface area contributed by atoms with E-state index in [9.17, 15) is 4.39 Å². The molecule has 0 saturated carbocycles. The summed E-state index contributed by atoms with van der Waals surface area (Å²) >= 11 is 0. The van der Waals surface area contributed by atoms with Gasteiger partial charge in [0.2, 0.25) is 0 Å². The average Bonchev–Trinajstić information content (AvgIpc) is 3.37. The van der Waals surface area contributed by atoms with Gasteiger partial charge in [-0.3, -0.25) is 0 Å². The Hall–Kier alpha value is -3.40. The summed E-state index contributed by atoms with van der Waals surface area (Å²) in [6.07, 6.45) is 1.79. The lowest BCUT2D eigenvalue weighted by Crippen LogP contribution is -2.09. The Morgan fingerprint density at radius 1 is 0.862 bits per heavy atom. The molecular weight excluding hydrogens is 361 g/mol. The van der Waals surface area contributed by atoms with Crippen molar-refractivity contribution in [3.05, 3.63) is 113 Å². The summed E-state index contributed by atoms with van der Waals surface area (Å²) in [5.74, 6) is 1.03. The van der Waals surface area contributed by atoms with Crippen molar-refractivity contribution in [2.45, 2.75) is 18.8 Å². The molecule has 0 bridgehead atoms. The van der Waals surface area contributed by atoms with Crippen LogP contribution in [0.2, 0.25) is 0 Å². The van der Waals surface area contributed by atoms with E-state index in [1.165, 1.54) is 28.8 Å². The summed E-state index contributed by atoms with van der Waals surface area (Å²) in [5, 5.41) is 8.42. The van der Waals surface area contributed by atoms with Gasteiger partial charge in [0.25, 0.3) is 0 Å². The third-order valence-electron chi connectivity index (χ3n) is 5.61. The summed E-state index contributed by atoms with van der Waals surface area (Å²) in [6, 6.07) is 27.7. The van der Waals surface area contributed by atoms with Crippen LogP contribution in [0.4, 0.5) is 10.2 Å². The van der Waals surface area contributed by atoms with Crippen LogP contribution in [0.25, 0.3) is 5.69 Å². The zero-order valence-electron chi connectivity index (χ0n) is 16.1. The minimum atomic E-state index is -0.237. The number of halogens is 1. The second-order valence-corrected chi connectivity index (χ2v) is 7.42. The van der Waals surface area contributed by atoms with Crippen LogP contribution in [0.5, 0.6) is 0 Å². The van der Waals surface area contributed by atoms with Gasteiger partial charge in [0.1, 0.15) is 11.6 Å². The Bertz CT molecular complexity index is 1060. The van der Waals surface area contributed by atoms with Gasteiger partial charge < -0.3 is 5.32 Å². The maximum atomic E-state index is 13.4. The molecule has 0 radical (unpaired) electrons. The molecule has 2 heterocycles. The average molecular weight is 383 g/mol. The largest absolute Gasteiger partial charge is 0.369 e. The number of hydrogen-bond acceptors (Lipinski definition) is 2. The fourth-order valence-electron chi connectivity index (χ4n) is 4.17. The minimum absolute atomic E-state index is 0.235. The topological polar surface area (TPSA) is 29.9 Å². The predicted octanol–water partition coefficient (Wildman–Crippen LogP) is 5.35. The van der Waals surface area contributed by atoms with Crippen LogP contribution in [0.3, 0.4) is 0 Å². The molecule has 1 aliphatic heterocycles. The number of hydrogen-bond donors (Lipinski definition) is 1. The first-order chi connectivity index (χ1) is 14.3. The van der Waals surface area contributed by atoms with E-state index in [0.717, 1.165) is 36.6 Å². The molecule has 0 aliphatic carbocycles. The van der Waals surface area contributed by atoms with Gasteiger partial charge in [-0.1, -0.05) is 60.7 Å². The van der Waals surface area contributed by atoms with Gasteiger partial charge in [0.15, 0.2) is 0 Å². The molecule has 4 heteroatoms. The normalized spacial score (nSPS) is 12.8. The van der Waals surface area contributed by atoms with Gasteiger partial charge in [-0.15, -0.1) is 0 Å². The number of benzene rings is 3. The maximum absolute atomic E-state index is 13.4. The van der Waals surface area contributed by atoms with E-state index in [-0.39, 0.29) is 11.7 Å². The monoisotopic (exact) mass is 383 g/mol. The Kier molecular flexibility index (Phi) is 4.60. The highest BCUT2D eigenvalue weighted by Gasteiger charge is 2.26. The lowest BCUT2D eigenvalue weighted by atomic mass is 9.86. The van der Waals surface area contributed by atoms with Crippen LogP contribution in [0, 0.1) is 5.82 Å². The van der Waals surface area contributed by atoms with E-state index in [1.807, 2.05) is 4.68 Å². The number of nitrogens with one attached hydrogen (secondary N) is 1. The number of rotatable bonds is 5. The first kappa shape index (κ1) is 17.7. The zero-order chi connectivity index (χ0) is 19.6. The first-order valence-corrected chi connectivity index (χ1v) is 10.00. The van der Waals surface area contributed by atoms with Crippen molar-refractivity contribution >= 4 is 5.82 Å². The molecule has 0 spiro atoms. The molecule has 3 nitrogen and oxygen atoms in total. The van der Waals surface area contributed by atoms with Crippen molar-refractivity contribution in [3.8, 4) is 5.69 Å². The Labute approximate surface area is 169 Å². The Balaban J connectivity index is 1.56. The van der Waals surface area contributed by atoms with E-state index < -0.39 is 0 Å². The van der Waals surface area contributed by atoms with Gasteiger partial charge in [-0.25, -0.2) is 9.07 Å². The van der Waals surface area contributed by atoms with Crippen LogP contribution < -0.4 is 5.32 Å². The SMILES string of the molecule is Fc1ccc(-n2nc(CC(c3ccccc3)c3ccccc3)c3c2NCC3)cc1. The zero-order valence-corrected chi connectivity index (χ0v) is 16.1. The van der Waals surface area contributed by atoms with Gasteiger partial charge >= 0.3 is 0 Å². The standard InChI is InChI=1S/C25H22FN3/c26-20-11-13-21(14-12-20)29-25-22(15-16-27-25)24(28-29)17-23(18-7-3-1-4-8-18)19-9-5-2-6-10-19/h1-14,23,27H,15-17H2. The highest BCUT2D eigenvalue weighted by Crippen LogP contribution is 2.34. The van der Waals surface area contributed by atoms with Crippen molar-refractivity contribution in [1.82, 2.24) is 9.78 Å². The molecule has 3 aromatic carbocycles. The summed E-state index contributed by atoms with van der Waals surface area (Å²) in [5.41, 5.74) is 5.82. The van der Waals surface area contributed by atoms with Gasteiger partial charge in [-0.05, 0) is 41.8 Å². The first-order valence-electron chi connectivity index (χ1n) is 10.00. The van der Waals surface area contributed by atoms with Crippen molar-refractivity contribution in [2.24, 2.45) is 0 Å². The third-order valence-corrected chi connectivity index (χ3v) is 5.61. The molecule has 0 unspecified atom stereocenters. The van der Waals surface area contributed by atoms with Crippen LogP contribution in [-0.4, -0.2) is 16.3 Å². The Morgan fingerprint density at radius 2 is 1.48 bits per heavy atom. The van der Waals surface area contributed by atoms with E-state index in [4.69, 9.17) is 5.10 Å². The molecule has 0 amide bonds. The fourth-order valence-corrected chi connectivity index (χ4v) is 4.17. The fraction of sp³-hybridized carbons (Fsp3) is 0.160.